The Morgan fingerprint density at radius 3 is 3.08 bits per heavy atom. The fraction of sp³-hybridized carbons (Fsp3) is 0.611. The molecule has 3 atom stereocenters. The lowest BCUT2D eigenvalue weighted by atomic mass is 10.1. The summed E-state index contributed by atoms with van der Waals surface area (Å²) >= 11 is 0. The second kappa shape index (κ2) is 7.94. The van der Waals surface area contributed by atoms with E-state index in [-0.39, 0.29) is 6.04 Å². The number of rotatable bonds is 8. The molecule has 132 valence electrons. The largest absolute Gasteiger partial charge is 0.469 e. The molecule has 1 saturated heterocycles. The Morgan fingerprint density at radius 1 is 1.50 bits per heavy atom. The molecule has 0 spiro atoms. The van der Waals surface area contributed by atoms with Crippen LogP contribution in [0.3, 0.4) is 0 Å². The van der Waals surface area contributed by atoms with E-state index in [1.54, 1.807) is 10.9 Å². The van der Waals surface area contributed by atoms with Crippen LogP contribution in [-0.2, 0) is 20.0 Å². The van der Waals surface area contributed by atoms with E-state index >= 15 is 0 Å². The molecule has 0 unspecified atom stereocenters. The lowest BCUT2D eigenvalue weighted by molar-refractivity contribution is 0.226. The molecule has 3 rings (SSSR count). The molecule has 0 bridgehead atoms. The molecule has 3 heterocycles. The standard InChI is InChI=1S/C18H27FN4O/c1-14(5-6-18-4-3-7-24-18)20-10-17-8-16(19)13-23(17)12-15-9-21-22(2)11-15/h3-4,7,9,11,14,16-17,20H,5-6,8,10,12-13H2,1-2H3/t14-,16+,17+/m1/s1. The SMILES string of the molecule is C[C@H](CCc1ccco1)NC[C@@H]1C[C@H](F)CN1Cc1cnn(C)c1. The van der Waals surface area contributed by atoms with Gasteiger partial charge in [0.2, 0.25) is 0 Å². The van der Waals surface area contributed by atoms with E-state index < -0.39 is 6.17 Å². The van der Waals surface area contributed by atoms with E-state index in [2.05, 4.69) is 22.2 Å². The number of likely N-dealkylation sites (tertiary alicyclic amines) is 1. The van der Waals surface area contributed by atoms with Crippen molar-refractivity contribution in [1.29, 1.82) is 0 Å². The van der Waals surface area contributed by atoms with Gasteiger partial charge in [0.05, 0.1) is 12.5 Å². The van der Waals surface area contributed by atoms with Crippen LogP contribution in [0.2, 0.25) is 0 Å². The van der Waals surface area contributed by atoms with Gasteiger partial charge in [-0.3, -0.25) is 9.58 Å². The van der Waals surface area contributed by atoms with E-state index in [1.165, 1.54) is 0 Å². The lowest BCUT2D eigenvalue weighted by Gasteiger charge is -2.25. The Labute approximate surface area is 142 Å². The minimum atomic E-state index is -0.730. The van der Waals surface area contributed by atoms with Crippen molar-refractivity contribution in [3.63, 3.8) is 0 Å². The molecule has 1 N–H and O–H groups in total. The number of hydrogen-bond acceptors (Lipinski definition) is 4. The molecule has 6 heteroatoms. The Balaban J connectivity index is 1.45. The molecule has 0 aromatic carbocycles. The first-order chi connectivity index (χ1) is 11.6. The van der Waals surface area contributed by atoms with Gasteiger partial charge < -0.3 is 9.73 Å². The van der Waals surface area contributed by atoms with Crippen LogP contribution in [0.15, 0.2) is 35.2 Å². The summed E-state index contributed by atoms with van der Waals surface area (Å²) in [4.78, 5) is 2.23. The Hall–Kier alpha value is -1.66. The third-order valence-corrected chi connectivity index (χ3v) is 4.73. The van der Waals surface area contributed by atoms with E-state index in [9.17, 15) is 4.39 Å². The summed E-state index contributed by atoms with van der Waals surface area (Å²) in [5.74, 6) is 1.02. The molecule has 1 aliphatic heterocycles. The predicted molar refractivity (Wildman–Crippen MR) is 91.4 cm³/mol. The van der Waals surface area contributed by atoms with Crippen LogP contribution in [0.4, 0.5) is 4.39 Å². The highest BCUT2D eigenvalue weighted by atomic mass is 19.1. The van der Waals surface area contributed by atoms with E-state index in [4.69, 9.17) is 4.42 Å². The van der Waals surface area contributed by atoms with Crippen LogP contribution >= 0.6 is 0 Å². The maximum absolute atomic E-state index is 13.9. The maximum Gasteiger partial charge on any atom is 0.114 e. The van der Waals surface area contributed by atoms with Crippen LogP contribution in [0.1, 0.15) is 31.1 Å². The summed E-state index contributed by atoms with van der Waals surface area (Å²) in [6, 6.07) is 4.55. The van der Waals surface area contributed by atoms with Crippen molar-refractivity contribution < 1.29 is 8.81 Å². The number of nitrogens with one attached hydrogen (secondary N) is 1. The monoisotopic (exact) mass is 334 g/mol. The number of aromatic nitrogens is 2. The smallest absolute Gasteiger partial charge is 0.114 e. The van der Waals surface area contributed by atoms with Crippen LogP contribution in [-0.4, -0.2) is 46.0 Å². The van der Waals surface area contributed by atoms with Gasteiger partial charge in [-0.15, -0.1) is 0 Å². The average molecular weight is 334 g/mol. The highest BCUT2D eigenvalue weighted by Crippen LogP contribution is 2.22. The quantitative estimate of drug-likeness (QED) is 0.806. The molecule has 0 amide bonds. The predicted octanol–water partition coefficient (Wildman–Crippen LogP) is 2.54. The summed E-state index contributed by atoms with van der Waals surface area (Å²) in [5, 5.41) is 7.76. The van der Waals surface area contributed by atoms with E-state index in [1.807, 2.05) is 31.6 Å². The highest BCUT2D eigenvalue weighted by molar-refractivity contribution is 5.05. The molecule has 5 nitrogen and oxygen atoms in total. The number of halogens is 1. The zero-order chi connectivity index (χ0) is 16.9. The Bertz CT molecular complexity index is 612. The lowest BCUT2D eigenvalue weighted by Crippen LogP contribution is -2.40. The third kappa shape index (κ3) is 4.68. The number of hydrogen-bond donors (Lipinski definition) is 1. The summed E-state index contributed by atoms with van der Waals surface area (Å²) in [5.41, 5.74) is 1.14. The molecule has 0 saturated carbocycles. The summed E-state index contributed by atoms with van der Waals surface area (Å²) in [7, 11) is 1.91. The van der Waals surface area contributed by atoms with Gasteiger partial charge >= 0.3 is 0 Å². The zero-order valence-electron chi connectivity index (χ0n) is 14.5. The van der Waals surface area contributed by atoms with Crippen LogP contribution in [0.25, 0.3) is 0 Å². The summed E-state index contributed by atoms with van der Waals surface area (Å²) in [6.07, 6.45) is 7.40. The van der Waals surface area contributed by atoms with Crippen molar-refractivity contribution in [2.45, 2.75) is 51.0 Å². The number of nitrogens with zero attached hydrogens (tertiary/aromatic N) is 3. The summed E-state index contributed by atoms with van der Waals surface area (Å²) < 4.78 is 21.0. The van der Waals surface area contributed by atoms with Crippen molar-refractivity contribution in [2.75, 3.05) is 13.1 Å². The van der Waals surface area contributed by atoms with Gasteiger partial charge in [0.15, 0.2) is 0 Å². The molecule has 2 aromatic heterocycles. The van der Waals surface area contributed by atoms with Crippen molar-refractivity contribution in [1.82, 2.24) is 20.0 Å². The molecule has 0 radical (unpaired) electrons. The molecular weight excluding hydrogens is 307 g/mol. The zero-order valence-corrected chi connectivity index (χ0v) is 14.5. The van der Waals surface area contributed by atoms with Crippen LogP contribution in [0, 0.1) is 0 Å². The maximum atomic E-state index is 13.9. The average Bonchev–Trinajstić information content (AvgIpc) is 3.26. The second-order valence-corrected chi connectivity index (χ2v) is 6.87. The Morgan fingerprint density at radius 2 is 2.38 bits per heavy atom. The second-order valence-electron chi connectivity index (χ2n) is 6.87. The molecule has 0 aliphatic carbocycles. The molecule has 1 aliphatic rings. The van der Waals surface area contributed by atoms with Crippen LogP contribution in [0.5, 0.6) is 0 Å². The van der Waals surface area contributed by atoms with Gasteiger partial charge in [-0.05, 0) is 31.9 Å². The number of alkyl halides is 1. The van der Waals surface area contributed by atoms with Gasteiger partial charge in [0.25, 0.3) is 0 Å². The molecule has 24 heavy (non-hydrogen) atoms. The molecule has 1 fully saturated rings. The normalized spacial score (nSPS) is 23.0. The Kier molecular flexibility index (Phi) is 5.68. The first-order valence-electron chi connectivity index (χ1n) is 8.71. The summed E-state index contributed by atoms with van der Waals surface area (Å²) in [6.45, 7) is 4.28. The number of furan rings is 1. The van der Waals surface area contributed by atoms with Gasteiger partial charge in [0.1, 0.15) is 11.9 Å². The van der Waals surface area contributed by atoms with E-state index in [0.717, 1.165) is 37.3 Å². The fourth-order valence-electron chi connectivity index (χ4n) is 3.37. The third-order valence-electron chi connectivity index (χ3n) is 4.73. The minimum absolute atomic E-state index is 0.242. The first kappa shape index (κ1) is 17.2. The van der Waals surface area contributed by atoms with Crippen LogP contribution < -0.4 is 5.32 Å². The van der Waals surface area contributed by atoms with Gasteiger partial charge in [-0.2, -0.15) is 5.10 Å². The van der Waals surface area contributed by atoms with Gasteiger partial charge in [0, 0.05) is 56.9 Å². The van der Waals surface area contributed by atoms with Crippen molar-refractivity contribution in [3.8, 4) is 0 Å². The minimum Gasteiger partial charge on any atom is -0.469 e. The first-order valence-corrected chi connectivity index (χ1v) is 8.71. The molecular formula is C18H27FN4O. The molecule has 2 aromatic rings. The van der Waals surface area contributed by atoms with Gasteiger partial charge in [-0.1, -0.05) is 0 Å². The van der Waals surface area contributed by atoms with Gasteiger partial charge in [-0.25, -0.2) is 4.39 Å². The van der Waals surface area contributed by atoms with Crippen molar-refractivity contribution in [3.05, 3.63) is 42.1 Å². The number of aryl methyl sites for hydroxylation is 2. The van der Waals surface area contributed by atoms with E-state index in [0.29, 0.717) is 19.0 Å². The van der Waals surface area contributed by atoms with Crippen molar-refractivity contribution >= 4 is 0 Å². The fourth-order valence-corrected chi connectivity index (χ4v) is 3.37. The van der Waals surface area contributed by atoms with Crippen molar-refractivity contribution in [2.24, 2.45) is 7.05 Å². The topological polar surface area (TPSA) is 46.2 Å². The highest BCUT2D eigenvalue weighted by Gasteiger charge is 2.32.